The van der Waals surface area contributed by atoms with Gasteiger partial charge in [-0.05, 0) is 24.3 Å². The number of nitrogens with zero attached hydrogens (tertiary/aromatic N) is 1. The van der Waals surface area contributed by atoms with Crippen LogP contribution in [-0.2, 0) is 9.59 Å². The number of carbonyl (C=O) groups is 2. The van der Waals surface area contributed by atoms with Crippen LogP contribution in [0.3, 0.4) is 0 Å². The fraction of sp³-hybridized carbons (Fsp3) is 0.118. The maximum absolute atomic E-state index is 12.5. The van der Waals surface area contributed by atoms with Crippen LogP contribution in [0.15, 0.2) is 54.6 Å². The zero-order valence-corrected chi connectivity index (χ0v) is 14.1. The smallest absolute Gasteiger partial charge is 0.247 e. The normalized spacial score (nSPS) is 17.2. The molecule has 0 aromatic heterocycles. The van der Waals surface area contributed by atoms with E-state index in [1.807, 2.05) is 6.07 Å². The standard InChI is InChI=1S/C17H14ClN3O2S/c18-12-8-4-5-9-13(12)20-15(22)10-14-16(23)21(17(19)24-14)11-6-2-1-3-7-11/h1-9,14,19H,10H2,(H,20,22). The van der Waals surface area contributed by atoms with Gasteiger partial charge in [-0.2, -0.15) is 0 Å². The first-order valence-electron chi connectivity index (χ1n) is 7.25. The second-order valence-corrected chi connectivity index (χ2v) is 6.75. The minimum Gasteiger partial charge on any atom is -0.325 e. The van der Waals surface area contributed by atoms with E-state index >= 15 is 0 Å². The molecule has 0 radical (unpaired) electrons. The Kier molecular flexibility index (Phi) is 4.87. The first-order valence-corrected chi connectivity index (χ1v) is 8.50. The SMILES string of the molecule is N=C1SC(CC(=O)Nc2ccccc2Cl)C(=O)N1c1ccccc1. The van der Waals surface area contributed by atoms with E-state index < -0.39 is 5.25 Å². The van der Waals surface area contributed by atoms with Gasteiger partial charge in [-0.15, -0.1) is 0 Å². The van der Waals surface area contributed by atoms with Gasteiger partial charge in [0.1, 0.15) is 5.25 Å². The molecule has 0 bridgehead atoms. The molecule has 0 saturated carbocycles. The van der Waals surface area contributed by atoms with Crippen LogP contribution < -0.4 is 10.2 Å². The number of hydrogen-bond acceptors (Lipinski definition) is 4. The third-order valence-electron chi connectivity index (χ3n) is 3.49. The van der Waals surface area contributed by atoms with Crippen molar-refractivity contribution in [3.63, 3.8) is 0 Å². The molecule has 2 aromatic rings. The molecular weight excluding hydrogens is 346 g/mol. The first-order chi connectivity index (χ1) is 11.6. The van der Waals surface area contributed by atoms with Crippen LogP contribution in [0.4, 0.5) is 11.4 Å². The number of halogens is 1. The summed E-state index contributed by atoms with van der Waals surface area (Å²) in [5.41, 5.74) is 1.14. The van der Waals surface area contributed by atoms with Gasteiger partial charge in [0, 0.05) is 6.42 Å². The van der Waals surface area contributed by atoms with E-state index in [-0.39, 0.29) is 23.4 Å². The third-order valence-corrected chi connectivity index (χ3v) is 4.87. The van der Waals surface area contributed by atoms with Crippen molar-refractivity contribution in [1.82, 2.24) is 0 Å². The van der Waals surface area contributed by atoms with Gasteiger partial charge in [0.15, 0.2) is 5.17 Å². The number of amidine groups is 1. The van der Waals surface area contributed by atoms with Crippen LogP contribution in [0.5, 0.6) is 0 Å². The van der Waals surface area contributed by atoms with Gasteiger partial charge in [0.2, 0.25) is 11.8 Å². The third kappa shape index (κ3) is 3.44. The van der Waals surface area contributed by atoms with Crippen LogP contribution in [0.2, 0.25) is 5.02 Å². The molecule has 1 saturated heterocycles. The van der Waals surface area contributed by atoms with Gasteiger partial charge < -0.3 is 5.32 Å². The zero-order chi connectivity index (χ0) is 17.1. The zero-order valence-electron chi connectivity index (χ0n) is 12.5. The van der Waals surface area contributed by atoms with Gasteiger partial charge in [-0.3, -0.25) is 19.9 Å². The Balaban J connectivity index is 1.68. The molecule has 2 aromatic carbocycles. The molecular formula is C17H14ClN3O2S. The van der Waals surface area contributed by atoms with Gasteiger partial charge in [-0.1, -0.05) is 53.7 Å². The van der Waals surface area contributed by atoms with Gasteiger partial charge >= 0.3 is 0 Å². The van der Waals surface area contributed by atoms with E-state index in [9.17, 15) is 9.59 Å². The molecule has 0 spiro atoms. The topological polar surface area (TPSA) is 73.3 Å². The fourth-order valence-electron chi connectivity index (χ4n) is 2.36. The van der Waals surface area contributed by atoms with Crippen molar-refractivity contribution < 1.29 is 9.59 Å². The van der Waals surface area contributed by atoms with Crippen molar-refractivity contribution in [1.29, 1.82) is 5.41 Å². The largest absolute Gasteiger partial charge is 0.325 e. The summed E-state index contributed by atoms with van der Waals surface area (Å²) >= 11 is 7.10. The van der Waals surface area contributed by atoms with Crippen LogP contribution >= 0.6 is 23.4 Å². The number of amides is 2. The highest BCUT2D eigenvalue weighted by Crippen LogP contribution is 2.33. The van der Waals surface area contributed by atoms with Gasteiger partial charge in [-0.25, -0.2) is 0 Å². The summed E-state index contributed by atoms with van der Waals surface area (Å²) in [4.78, 5) is 26.1. The van der Waals surface area contributed by atoms with Crippen molar-refractivity contribution >= 4 is 51.7 Å². The van der Waals surface area contributed by atoms with E-state index in [0.29, 0.717) is 16.4 Å². The minimum atomic E-state index is -0.611. The predicted molar refractivity (Wildman–Crippen MR) is 97.7 cm³/mol. The highest BCUT2D eigenvalue weighted by atomic mass is 35.5. The van der Waals surface area contributed by atoms with E-state index in [4.69, 9.17) is 17.0 Å². The van der Waals surface area contributed by atoms with Crippen LogP contribution in [0.1, 0.15) is 6.42 Å². The number of hydrogen-bond donors (Lipinski definition) is 2. The predicted octanol–water partition coefficient (Wildman–Crippen LogP) is 3.75. The Hall–Kier alpha value is -2.31. The molecule has 24 heavy (non-hydrogen) atoms. The Labute approximate surface area is 148 Å². The van der Waals surface area contributed by atoms with E-state index in [1.165, 1.54) is 4.90 Å². The molecule has 1 unspecified atom stereocenters. The Morgan fingerprint density at radius 1 is 1.17 bits per heavy atom. The maximum atomic E-state index is 12.5. The number of rotatable bonds is 4. The quantitative estimate of drug-likeness (QED) is 0.873. The molecule has 122 valence electrons. The summed E-state index contributed by atoms with van der Waals surface area (Å²) in [6.45, 7) is 0. The summed E-state index contributed by atoms with van der Waals surface area (Å²) in [5.74, 6) is -0.567. The Morgan fingerprint density at radius 2 is 1.83 bits per heavy atom. The molecule has 1 aliphatic heterocycles. The Morgan fingerprint density at radius 3 is 2.54 bits per heavy atom. The van der Waals surface area contributed by atoms with Crippen molar-refractivity contribution in [2.24, 2.45) is 0 Å². The second kappa shape index (κ2) is 7.07. The highest BCUT2D eigenvalue weighted by Gasteiger charge is 2.39. The molecule has 2 N–H and O–H groups in total. The number of nitrogens with one attached hydrogen (secondary N) is 2. The lowest BCUT2D eigenvalue weighted by Gasteiger charge is -2.15. The number of para-hydroxylation sites is 2. The number of anilines is 2. The molecule has 1 aliphatic rings. The maximum Gasteiger partial charge on any atom is 0.247 e. The summed E-state index contributed by atoms with van der Waals surface area (Å²) in [6, 6.07) is 15.9. The lowest BCUT2D eigenvalue weighted by Crippen LogP contribution is -2.33. The molecule has 0 aliphatic carbocycles. The minimum absolute atomic E-state index is 0.0135. The average molecular weight is 360 g/mol. The summed E-state index contributed by atoms with van der Waals surface area (Å²) in [5, 5.41) is 10.7. The lowest BCUT2D eigenvalue weighted by atomic mass is 10.2. The molecule has 1 atom stereocenters. The van der Waals surface area contributed by atoms with Crippen molar-refractivity contribution in [3.05, 3.63) is 59.6 Å². The summed E-state index contributed by atoms with van der Waals surface area (Å²) in [6.07, 6.45) is -0.0135. The van der Waals surface area contributed by atoms with E-state index in [1.54, 1.807) is 48.5 Å². The second-order valence-electron chi connectivity index (χ2n) is 5.15. The van der Waals surface area contributed by atoms with Crippen molar-refractivity contribution in [3.8, 4) is 0 Å². The first kappa shape index (κ1) is 16.5. The Bertz CT molecular complexity index is 797. The fourth-order valence-corrected chi connectivity index (χ4v) is 3.56. The van der Waals surface area contributed by atoms with Gasteiger partial charge in [0.25, 0.3) is 0 Å². The van der Waals surface area contributed by atoms with Crippen molar-refractivity contribution in [2.45, 2.75) is 11.7 Å². The van der Waals surface area contributed by atoms with E-state index in [0.717, 1.165) is 11.8 Å². The molecule has 7 heteroatoms. The average Bonchev–Trinajstić information content (AvgIpc) is 2.84. The molecule has 1 heterocycles. The van der Waals surface area contributed by atoms with Crippen LogP contribution in [0, 0.1) is 5.41 Å². The summed E-state index contributed by atoms with van der Waals surface area (Å²) < 4.78 is 0. The number of benzene rings is 2. The van der Waals surface area contributed by atoms with Crippen LogP contribution in [0.25, 0.3) is 0 Å². The molecule has 5 nitrogen and oxygen atoms in total. The monoisotopic (exact) mass is 359 g/mol. The molecule has 3 rings (SSSR count). The van der Waals surface area contributed by atoms with Crippen molar-refractivity contribution in [2.75, 3.05) is 10.2 Å². The summed E-state index contributed by atoms with van der Waals surface area (Å²) in [7, 11) is 0. The number of thioether (sulfide) groups is 1. The van der Waals surface area contributed by atoms with Crippen LogP contribution in [-0.4, -0.2) is 22.2 Å². The van der Waals surface area contributed by atoms with Gasteiger partial charge in [0.05, 0.1) is 16.4 Å². The molecule has 1 fully saturated rings. The highest BCUT2D eigenvalue weighted by molar-refractivity contribution is 8.16. The lowest BCUT2D eigenvalue weighted by molar-refractivity contribution is -0.121. The molecule has 2 amide bonds. The number of carbonyl (C=O) groups excluding carboxylic acids is 2. The van der Waals surface area contributed by atoms with E-state index in [2.05, 4.69) is 5.32 Å².